The molecule has 54 heavy (non-hydrogen) atoms. The van der Waals surface area contributed by atoms with Gasteiger partial charge in [-0.2, -0.15) is 0 Å². The van der Waals surface area contributed by atoms with Gasteiger partial charge in [-0.15, -0.1) is 0 Å². The number of anilines is 3. The summed E-state index contributed by atoms with van der Waals surface area (Å²) in [5.74, 6) is 0. The Morgan fingerprint density at radius 1 is 0.407 bits per heavy atom. The molecule has 1 aromatic heterocycles. The standard InChI is InChI=1S/C52H40N2/c1-35-20-22-36(23-21-35)38-12-11-13-39(32-38)37-24-26-41(27-25-37)53(40-14-5-4-6-15-40)42-28-30-44-45-31-29-43(34-49(45)52(2,3)48(44)33-42)54-50-18-9-7-16-46(50)47-17-8-10-19-51(47)54/h4-34H,1-3H3. The number of aryl methyl sites for hydroxylation is 1. The van der Waals surface area contributed by atoms with Crippen molar-refractivity contribution >= 4 is 38.9 Å². The predicted octanol–water partition coefficient (Wildman–Crippen LogP) is 14.2. The van der Waals surface area contributed by atoms with Gasteiger partial charge in [-0.3, -0.25) is 0 Å². The first-order valence-corrected chi connectivity index (χ1v) is 18.8. The third-order valence-corrected chi connectivity index (χ3v) is 11.5. The minimum Gasteiger partial charge on any atom is -0.310 e. The van der Waals surface area contributed by atoms with Crippen molar-refractivity contribution < 1.29 is 0 Å². The first kappa shape index (κ1) is 32.0. The highest BCUT2D eigenvalue weighted by molar-refractivity contribution is 6.09. The molecular weight excluding hydrogens is 653 g/mol. The summed E-state index contributed by atoms with van der Waals surface area (Å²) in [6.07, 6.45) is 0. The molecule has 0 saturated carbocycles. The van der Waals surface area contributed by atoms with Crippen molar-refractivity contribution in [3.05, 3.63) is 205 Å². The van der Waals surface area contributed by atoms with Gasteiger partial charge in [-0.1, -0.05) is 141 Å². The highest BCUT2D eigenvalue weighted by Gasteiger charge is 2.36. The number of hydrogen-bond donors (Lipinski definition) is 0. The number of para-hydroxylation sites is 3. The maximum Gasteiger partial charge on any atom is 0.0541 e. The van der Waals surface area contributed by atoms with E-state index in [1.807, 2.05) is 0 Å². The molecule has 0 radical (unpaired) electrons. The van der Waals surface area contributed by atoms with E-state index in [1.165, 1.54) is 77.6 Å². The third kappa shape index (κ3) is 5.17. The maximum atomic E-state index is 2.43. The SMILES string of the molecule is Cc1ccc(-c2cccc(-c3ccc(N(c4ccccc4)c4ccc5c(c4)C(C)(C)c4cc(-n6c7ccccc7c7ccccc76)ccc4-5)cc3)c2)cc1. The van der Waals surface area contributed by atoms with Gasteiger partial charge >= 0.3 is 0 Å². The molecule has 9 aromatic rings. The lowest BCUT2D eigenvalue weighted by Crippen LogP contribution is -2.17. The van der Waals surface area contributed by atoms with E-state index in [0.717, 1.165) is 17.1 Å². The summed E-state index contributed by atoms with van der Waals surface area (Å²) < 4.78 is 2.43. The topological polar surface area (TPSA) is 8.17 Å². The number of hydrogen-bond acceptors (Lipinski definition) is 1. The van der Waals surface area contributed by atoms with Gasteiger partial charge in [-0.25, -0.2) is 0 Å². The molecule has 0 spiro atoms. The molecule has 0 unspecified atom stereocenters. The molecule has 1 heterocycles. The van der Waals surface area contributed by atoms with E-state index in [1.54, 1.807) is 0 Å². The molecule has 0 atom stereocenters. The second-order valence-corrected chi connectivity index (χ2v) is 15.1. The first-order valence-electron chi connectivity index (χ1n) is 18.8. The van der Waals surface area contributed by atoms with Crippen LogP contribution in [0.25, 0.3) is 60.9 Å². The summed E-state index contributed by atoms with van der Waals surface area (Å²) in [6.45, 7) is 6.89. The van der Waals surface area contributed by atoms with Crippen LogP contribution in [0.1, 0.15) is 30.5 Å². The normalized spacial score (nSPS) is 12.9. The van der Waals surface area contributed by atoms with Crippen LogP contribution in [0.3, 0.4) is 0 Å². The second kappa shape index (κ2) is 12.5. The maximum absolute atomic E-state index is 2.43. The van der Waals surface area contributed by atoms with Crippen LogP contribution in [-0.2, 0) is 5.41 Å². The second-order valence-electron chi connectivity index (χ2n) is 15.1. The van der Waals surface area contributed by atoms with Gasteiger partial charge in [0.1, 0.15) is 0 Å². The molecule has 0 saturated heterocycles. The lowest BCUT2D eigenvalue weighted by molar-refractivity contribution is 0.660. The molecule has 0 bridgehead atoms. The molecule has 2 nitrogen and oxygen atoms in total. The molecule has 258 valence electrons. The van der Waals surface area contributed by atoms with E-state index in [-0.39, 0.29) is 5.41 Å². The predicted molar refractivity (Wildman–Crippen MR) is 229 cm³/mol. The van der Waals surface area contributed by atoms with Crippen molar-refractivity contribution in [1.29, 1.82) is 0 Å². The van der Waals surface area contributed by atoms with Crippen molar-refractivity contribution in [1.82, 2.24) is 4.57 Å². The summed E-state index contributed by atoms with van der Waals surface area (Å²) >= 11 is 0. The van der Waals surface area contributed by atoms with Crippen LogP contribution in [0.4, 0.5) is 17.1 Å². The van der Waals surface area contributed by atoms with Crippen LogP contribution in [0, 0.1) is 6.92 Å². The van der Waals surface area contributed by atoms with E-state index in [4.69, 9.17) is 0 Å². The first-order chi connectivity index (χ1) is 26.4. The monoisotopic (exact) mass is 692 g/mol. The van der Waals surface area contributed by atoms with Crippen LogP contribution in [-0.4, -0.2) is 4.57 Å². The van der Waals surface area contributed by atoms with E-state index in [2.05, 4.69) is 218 Å². The average Bonchev–Trinajstić information content (AvgIpc) is 3.67. The van der Waals surface area contributed by atoms with Gasteiger partial charge in [0.25, 0.3) is 0 Å². The number of nitrogens with zero attached hydrogens (tertiary/aromatic N) is 2. The molecule has 1 aliphatic carbocycles. The van der Waals surface area contributed by atoms with Crippen LogP contribution < -0.4 is 4.90 Å². The van der Waals surface area contributed by atoms with Gasteiger partial charge < -0.3 is 9.47 Å². The Labute approximate surface area is 317 Å². The smallest absolute Gasteiger partial charge is 0.0541 e. The van der Waals surface area contributed by atoms with Gasteiger partial charge in [0.05, 0.1) is 11.0 Å². The van der Waals surface area contributed by atoms with Crippen LogP contribution in [0.2, 0.25) is 0 Å². The summed E-state index contributed by atoms with van der Waals surface area (Å²) in [7, 11) is 0. The summed E-state index contributed by atoms with van der Waals surface area (Å²) in [5, 5.41) is 2.57. The Morgan fingerprint density at radius 3 is 1.57 bits per heavy atom. The van der Waals surface area contributed by atoms with Crippen molar-refractivity contribution in [3.8, 4) is 39.1 Å². The number of aromatic nitrogens is 1. The molecule has 2 heteroatoms. The lowest BCUT2D eigenvalue weighted by Gasteiger charge is -2.28. The highest BCUT2D eigenvalue weighted by atomic mass is 15.1. The van der Waals surface area contributed by atoms with Crippen LogP contribution >= 0.6 is 0 Å². The Hall–Kier alpha value is -6.64. The summed E-state index contributed by atoms with van der Waals surface area (Å²) in [5.41, 5.74) is 18.4. The van der Waals surface area contributed by atoms with Gasteiger partial charge in [0.2, 0.25) is 0 Å². The van der Waals surface area contributed by atoms with Gasteiger partial charge in [0, 0.05) is 38.9 Å². The number of fused-ring (bicyclic) bond motifs is 6. The van der Waals surface area contributed by atoms with Crippen molar-refractivity contribution in [2.75, 3.05) is 4.90 Å². The summed E-state index contributed by atoms with van der Waals surface area (Å²) in [6, 6.07) is 69.0. The molecule has 10 rings (SSSR count). The zero-order chi connectivity index (χ0) is 36.4. The Bertz CT molecular complexity index is 2790. The zero-order valence-corrected chi connectivity index (χ0v) is 30.8. The van der Waals surface area contributed by atoms with Gasteiger partial charge in [-0.05, 0) is 118 Å². The minimum atomic E-state index is -0.190. The Kier molecular flexibility index (Phi) is 7.42. The Morgan fingerprint density at radius 2 is 0.926 bits per heavy atom. The zero-order valence-electron chi connectivity index (χ0n) is 30.8. The van der Waals surface area contributed by atoms with E-state index < -0.39 is 0 Å². The van der Waals surface area contributed by atoms with Crippen molar-refractivity contribution in [2.24, 2.45) is 0 Å². The quantitative estimate of drug-likeness (QED) is 0.168. The Balaban J connectivity index is 1.03. The van der Waals surface area contributed by atoms with E-state index >= 15 is 0 Å². The molecule has 1 aliphatic rings. The van der Waals surface area contributed by atoms with Crippen LogP contribution in [0.5, 0.6) is 0 Å². The van der Waals surface area contributed by atoms with E-state index in [9.17, 15) is 0 Å². The molecule has 0 N–H and O–H groups in total. The largest absolute Gasteiger partial charge is 0.310 e. The average molecular weight is 693 g/mol. The fourth-order valence-corrected chi connectivity index (χ4v) is 8.64. The van der Waals surface area contributed by atoms with Crippen molar-refractivity contribution in [2.45, 2.75) is 26.2 Å². The molecule has 0 aliphatic heterocycles. The molecule has 8 aromatic carbocycles. The molecule has 0 amide bonds. The number of benzene rings is 8. The third-order valence-electron chi connectivity index (χ3n) is 11.5. The fraction of sp³-hybridized carbons (Fsp3) is 0.0769. The van der Waals surface area contributed by atoms with E-state index in [0.29, 0.717) is 0 Å². The van der Waals surface area contributed by atoms with Gasteiger partial charge in [0.15, 0.2) is 0 Å². The highest BCUT2D eigenvalue weighted by Crippen LogP contribution is 2.51. The number of rotatable bonds is 6. The summed E-state index contributed by atoms with van der Waals surface area (Å²) in [4.78, 5) is 2.38. The lowest BCUT2D eigenvalue weighted by atomic mass is 9.82. The fourth-order valence-electron chi connectivity index (χ4n) is 8.64. The minimum absolute atomic E-state index is 0.190. The van der Waals surface area contributed by atoms with Crippen molar-refractivity contribution in [3.63, 3.8) is 0 Å². The van der Waals surface area contributed by atoms with Crippen LogP contribution in [0.15, 0.2) is 188 Å². The molecule has 0 fully saturated rings. The molecular formula is C52H40N2.